The topological polar surface area (TPSA) is 42.7 Å². The molecule has 1 aliphatic heterocycles. The van der Waals surface area contributed by atoms with Crippen LogP contribution < -0.4 is 15.3 Å². The molecular formula is C22H15BrClNO3. The number of nitrogens with zero attached hydrogens (tertiary/aromatic N) is 1. The Kier molecular flexibility index (Phi) is 4.11. The zero-order chi connectivity index (χ0) is 19.4. The van der Waals surface area contributed by atoms with Crippen LogP contribution in [0.3, 0.4) is 0 Å². The van der Waals surface area contributed by atoms with Crippen LogP contribution in [0.1, 0.15) is 11.1 Å². The van der Waals surface area contributed by atoms with E-state index in [4.69, 9.17) is 20.8 Å². The first kappa shape index (κ1) is 17.6. The summed E-state index contributed by atoms with van der Waals surface area (Å²) >= 11 is 9.88. The second-order valence-electron chi connectivity index (χ2n) is 6.87. The van der Waals surface area contributed by atoms with Crippen LogP contribution >= 0.6 is 27.5 Å². The van der Waals surface area contributed by atoms with E-state index in [0.29, 0.717) is 29.3 Å². The Hall–Kier alpha value is -2.50. The molecule has 28 heavy (non-hydrogen) atoms. The Balaban J connectivity index is 1.69. The Morgan fingerprint density at radius 3 is 2.64 bits per heavy atom. The number of benzene rings is 3. The minimum absolute atomic E-state index is 0.328. The summed E-state index contributed by atoms with van der Waals surface area (Å²) in [4.78, 5) is 14.5. The van der Waals surface area contributed by atoms with Gasteiger partial charge in [-0.2, -0.15) is 0 Å². The fraction of sp³-hybridized carbons (Fsp3) is 0.136. The molecule has 0 saturated carbocycles. The molecule has 1 aromatic heterocycles. The third-order valence-corrected chi connectivity index (χ3v) is 5.94. The van der Waals surface area contributed by atoms with Gasteiger partial charge in [-0.1, -0.05) is 45.7 Å². The second-order valence-corrected chi connectivity index (χ2v) is 8.19. The number of fused-ring (bicyclic) bond motifs is 4. The number of aryl methyl sites for hydroxylation is 1. The van der Waals surface area contributed by atoms with Crippen LogP contribution in [-0.2, 0) is 6.54 Å². The molecule has 4 aromatic rings. The van der Waals surface area contributed by atoms with Gasteiger partial charge >= 0.3 is 5.63 Å². The van der Waals surface area contributed by atoms with E-state index >= 15 is 0 Å². The first-order chi connectivity index (χ1) is 13.5. The molecule has 6 heteroatoms. The zero-order valence-corrected chi connectivity index (χ0v) is 17.3. The van der Waals surface area contributed by atoms with Crippen LogP contribution in [0.15, 0.2) is 62.2 Å². The molecule has 0 radical (unpaired) electrons. The molecule has 0 bridgehead atoms. The lowest BCUT2D eigenvalue weighted by atomic mass is 10.00. The van der Waals surface area contributed by atoms with Crippen LogP contribution in [0.2, 0.25) is 5.02 Å². The molecule has 4 nitrogen and oxygen atoms in total. The highest BCUT2D eigenvalue weighted by Gasteiger charge is 2.24. The van der Waals surface area contributed by atoms with Crippen molar-refractivity contribution in [3.63, 3.8) is 0 Å². The summed E-state index contributed by atoms with van der Waals surface area (Å²) in [6, 6.07) is 15.4. The lowest BCUT2D eigenvalue weighted by Gasteiger charge is -2.32. The van der Waals surface area contributed by atoms with Crippen molar-refractivity contribution in [1.82, 2.24) is 0 Å². The van der Waals surface area contributed by atoms with E-state index in [1.807, 2.05) is 43.3 Å². The number of anilines is 1. The van der Waals surface area contributed by atoms with E-state index in [0.717, 1.165) is 37.8 Å². The van der Waals surface area contributed by atoms with E-state index in [-0.39, 0.29) is 5.63 Å². The van der Waals surface area contributed by atoms with Gasteiger partial charge in [0.15, 0.2) is 6.73 Å². The number of rotatable bonds is 1. The highest BCUT2D eigenvalue weighted by atomic mass is 79.9. The van der Waals surface area contributed by atoms with Gasteiger partial charge in [0.25, 0.3) is 0 Å². The van der Waals surface area contributed by atoms with Gasteiger partial charge < -0.3 is 14.1 Å². The Labute approximate surface area is 174 Å². The molecule has 0 amide bonds. The van der Waals surface area contributed by atoms with E-state index in [9.17, 15) is 4.79 Å². The predicted octanol–water partition coefficient (Wildman–Crippen LogP) is 6.03. The molecule has 0 N–H and O–H groups in total. The molecule has 0 fully saturated rings. The molecule has 0 unspecified atom stereocenters. The maximum Gasteiger partial charge on any atom is 0.344 e. The SMILES string of the molecule is Cc1c2c(cc3c1oc(=O)c1ccccc13)CN(c1ccc(Br)cc1Cl)CO2. The Bertz CT molecular complexity index is 1310. The molecule has 5 rings (SSSR count). The summed E-state index contributed by atoms with van der Waals surface area (Å²) in [6.45, 7) is 2.96. The van der Waals surface area contributed by atoms with Gasteiger partial charge in [-0.3, -0.25) is 0 Å². The summed E-state index contributed by atoms with van der Waals surface area (Å²) in [5, 5.41) is 3.05. The molecule has 0 atom stereocenters. The molecular weight excluding hydrogens is 442 g/mol. The molecule has 0 aliphatic carbocycles. The minimum atomic E-state index is -0.328. The average Bonchev–Trinajstić information content (AvgIpc) is 2.69. The predicted molar refractivity (Wildman–Crippen MR) is 116 cm³/mol. The lowest BCUT2D eigenvalue weighted by molar-refractivity contribution is 0.287. The maximum atomic E-state index is 12.4. The van der Waals surface area contributed by atoms with Crippen LogP contribution in [-0.4, -0.2) is 6.73 Å². The minimum Gasteiger partial charge on any atom is -0.472 e. The van der Waals surface area contributed by atoms with Gasteiger partial charge in [0.05, 0.1) is 16.1 Å². The average molecular weight is 457 g/mol. The van der Waals surface area contributed by atoms with Gasteiger partial charge in [0, 0.05) is 27.5 Å². The van der Waals surface area contributed by atoms with Crippen molar-refractivity contribution in [2.75, 3.05) is 11.6 Å². The quantitative estimate of drug-likeness (QED) is 0.259. The molecule has 140 valence electrons. The second kappa shape index (κ2) is 6.54. The van der Waals surface area contributed by atoms with Crippen LogP contribution in [0, 0.1) is 6.92 Å². The van der Waals surface area contributed by atoms with Crippen molar-refractivity contribution in [2.24, 2.45) is 0 Å². The van der Waals surface area contributed by atoms with E-state index in [1.54, 1.807) is 6.07 Å². The lowest BCUT2D eigenvalue weighted by Crippen LogP contribution is -2.32. The van der Waals surface area contributed by atoms with Crippen LogP contribution in [0.4, 0.5) is 5.69 Å². The van der Waals surface area contributed by atoms with E-state index in [1.165, 1.54) is 0 Å². The van der Waals surface area contributed by atoms with Crippen molar-refractivity contribution < 1.29 is 9.15 Å². The normalized spacial score (nSPS) is 13.6. The number of ether oxygens (including phenoxy) is 1. The van der Waals surface area contributed by atoms with Gasteiger partial charge in [-0.25, -0.2) is 4.79 Å². The van der Waals surface area contributed by atoms with Crippen molar-refractivity contribution >= 4 is 55.0 Å². The number of hydrogen-bond acceptors (Lipinski definition) is 4. The number of hydrogen-bond donors (Lipinski definition) is 0. The molecule has 2 heterocycles. The molecule has 3 aromatic carbocycles. The van der Waals surface area contributed by atoms with Gasteiger partial charge in [0.2, 0.25) is 0 Å². The third kappa shape index (κ3) is 2.69. The van der Waals surface area contributed by atoms with Crippen molar-refractivity contribution in [3.8, 4) is 5.75 Å². The maximum absolute atomic E-state index is 12.4. The van der Waals surface area contributed by atoms with Crippen LogP contribution in [0.25, 0.3) is 21.7 Å². The third-order valence-electron chi connectivity index (χ3n) is 5.14. The summed E-state index contributed by atoms with van der Waals surface area (Å²) in [5.41, 5.74) is 3.05. The first-order valence-electron chi connectivity index (χ1n) is 8.84. The van der Waals surface area contributed by atoms with E-state index < -0.39 is 0 Å². The fourth-order valence-electron chi connectivity index (χ4n) is 3.83. The monoisotopic (exact) mass is 455 g/mol. The first-order valence-corrected chi connectivity index (χ1v) is 10.0. The van der Waals surface area contributed by atoms with Gasteiger partial charge in [-0.15, -0.1) is 0 Å². The Morgan fingerprint density at radius 1 is 1.07 bits per heavy atom. The van der Waals surface area contributed by atoms with E-state index in [2.05, 4.69) is 26.9 Å². The van der Waals surface area contributed by atoms with Gasteiger partial charge in [-0.05, 0) is 42.6 Å². The molecule has 0 spiro atoms. The van der Waals surface area contributed by atoms with Crippen molar-refractivity contribution in [1.29, 1.82) is 0 Å². The number of halogens is 2. The summed E-state index contributed by atoms with van der Waals surface area (Å²) in [6.07, 6.45) is 0. The largest absolute Gasteiger partial charge is 0.472 e. The standard InChI is InChI=1S/C22H15BrClNO3/c1-12-20-13(10-25(11-27-20)19-7-6-14(23)9-18(19)24)8-17-15-4-2-3-5-16(15)22(26)28-21(12)17/h2-9H,10-11H2,1H3. The van der Waals surface area contributed by atoms with Crippen LogP contribution in [0.5, 0.6) is 5.75 Å². The summed E-state index contributed by atoms with van der Waals surface area (Å²) < 4.78 is 12.6. The smallest absolute Gasteiger partial charge is 0.344 e. The zero-order valence-electron chi connectivity index (χ0n) is 15.0. The molecule has 0 saturated heterocycles. The Morgan fingerprint density at radius 2 is 1.86 bits per heavy atom. The highest BCUT2D eigenvalue weighted by molar-refractivity contribution is 9.10. The van der Waals surface area contributed by atoms with Gasteiger partial charge in [0.1, 0.15) is 11.3 Å². The molecule has 1 aliphatic rings. The summed E-state index contributed by atoms with van der Waals surface area (Å²) in [5.74, 6) is 0.774. The summed E-state index contributed by atoms with van der Waals surface area (Å²) in [7, 11) is 0. The highest BCUT2D eigenvalue weighted by Crippen LogP contribution is 2.39. The van der Waals surface area contributed by atoms with Crippen molar-refractivity contribution in [2.45, 2.75) is 13.5 Å². The van der Waals surface area contributed by atoms with Crippen molar-refractivity contribution in [3.05, 3.63) is 79.6 Å². The fourth-order valence-corrected chi connectivity index (χ4v) is 4.62.